The topological polar surface area (TPSA) is 94.2 Å². The standard InChI is InChI=1S/C19H15F3N6O2/c1-2-15-14-7-11(19(20,21)22)3-5-13(14)18(30)28(26-15)9-17(29)24-12-4-6-16-25-23-10-27(16)8-12/h3-8,10H,2,9H2,1H3,(H,24,29). The summed E-state index contributed by atoms with van der Waals surface area (Å²) in [7, 11) is 0. The van der Waals surface area contributed by atoms with E-state index >= 15 is 0 Å². The number of carbonyl (C=O) groups excluding carboxylic acids is 1. The van der Waals surface area contributed by atoms with Crippen molar-refractivity contribution in [1.29, 1.82) is 0 Å². The summed E-state index contributed by atoms with van der Waals surface area (Å²) in [5.74, 6) is -0.509. The molecule has 0 radical (unpaired) electrons. The van der Waals surface area contributed by atoms with Gasteiger partial charge >= 0.3 is 6.18 Å². The number of aromatic nitrogens is 5. The van der Waals surface area contributed by atoms with E-state index in [1.807, 2.05) is 0 Å². The van der Waals surface area contributed by atoms with Gasteiger partial charge in [-0.1, -0.05) is 6.92 Å². The minimum Gasteiger partial charge on any atom is -0.323 e. The second kappa shape index (κ2) is 7.25. The van der Waals surface area contributed by atoms with Gasteiger partial charge in [-0.05, 0) is 36.8 Å². The van der Waals surface area contributed by atoms with Gasteiger partial charge < -0.3 is 5.32 Å². The van der Waals surface area contributed by atoms with Crippen LogP contribution in [0.2, 0.25) is 0 Å². The predicted molar refractivity (Wildman–Crippen MR) is 102 cm³/mol. The van der Waals surface area contributed by atoms with Gasteiger partial charge in [-0.3, -0.25) is 14.0 Å². The van der Waals surface area contributed by atoms with Crippen LogP contribution in [0.3, 0.4) is 0 Å². The van der Waals surface area contributed by atoms with Crippen LogP contribution in [0.5, 0.6) is 0 Å². The summed E-state index contributed by atoms with van der Waals surface area (Å²) in [5.41, 5.74) is -0.126. The lowest BCUT2D eigenvalue weighted by Gasteiger charge is -2.12. The predicted octanol–water partition coefficient (Wildman–Crippen LogP) is 2.66. The Labute approximate surface area is 167 Å². The van der Waals surface area contributed by atoms with Crippen LogP contribution in [0.4, 0.5) is 18.9 Å². The quantitative estimate of drug-likeness (QED) is 0.552. The summed E-state index contributed by atoms with van der Waals surface area (Å²) in [6, 6.07) is 6.18. The summed E-state index contributed by atoms with van der Waals surface area (Å²) in [6.07, 6.45) is -1.15. The molecule has 3 heterocycles. The molecular weight excluding hydrogens is 401 g/mol. The average molecular weight is 416 g/mol. The van der Waals surface area contributed by atoms with Crippen LogP contribution in [0.15, 0.2) is 47.7 Å². The van der Waals surface area contributed by atoms with E-state index in [1.165, 1.54) is 6.33 Å². The molecule has 0 aliphatic heterocycles. The fourth-order valence-electron chi connectivity index (χ4n) is 3.14. The Bertz CT molecular complexity index is 1330. The Balaban J connectivity index is 1.65. The first-order chi connectivity index (χ1) is 14.3. The van der Waals surface area contributed by atoms with E-state index in [2.05, 4.69) is 20.6 Å². The number of nitrogens with zero attached hydrogens (tertiary/aromatic N) is 5. The molecule has 30 heavy (non-hydrogen) atoms. The number of carbonyl (C=O) groups is 1. The highest BCUT2D eigenvalue weighted by atomic mass is 19.4. The number of alkyl halides is 3. The van der Waals surface area contributed by atoms with Gasteiger partial charge in [-0.2, -0.15) is 18.3 Å². The molecule has 11 heteroatoms. The van der Waals surface area contributed by atoms with Crippen molar-refractivity contribution in [3.05, 3.63) is 64.5 Å². The zero-order valence-corrected chi connectivity index (χ0v) is 15.6. The smallest absolute Gasteiger partial charge is 0.323 e. The zero-order chi connectivity index (χ0) is 21.5. The molecule has 4 rings (SSSR count). The van der Waals surface area contributed by atoms with E-state index < -0.39 is 23.2 Å². The number of anilines is 1. The fraction of sp³-hybridized carbons (Fsp3) is 0.211. The maximum Gasteiger partial charge on any atom is 0.416 e. The number of hydrogen-bond acceptors (Lipinski definition) is 5. The van der Waals surface area contributed by atoms with Gasteiger partial charge in [-0.15, -0.1) is 10.2 Å². The van der Waals surface area contributed by atoms with Gasteiger partial charge in [0.2, 0.25) is 5.91 Å². The lowest BCUT2D eigenvalue weighted by Crippen LogP contribution is -2.30. The third-order valence-corrected chi connectivity index (χ3v) is 4.57. The van der Waals surface area contributed by atoms with Crippen LogP contribution in [0, 0.1) is 0 Å². The number of fused-ring (bicyclic) bond motifs is 2. The van der Waals surface area contributed by atoms with Crippen molar-refractivity contribution in [2.45, 2.75) is 26.1 Å². The fourth-order valence-corrected chi connectivity index (χ4v) is 3.14. The van der Waals surface area contributed by atoms with E-state index in [1.54, 1.807) is 29.7 Å². The van der Waals surface area contributed by atoms with Gasteiger partial charge in [0.05, 0.1) is 22.3 Å². The highest BCUT2D eigenvalue weighted by molar-refractivity contribution is 5.91. The van der Waals surface area contributed by atoms with Crippen LogP contribution in [-0.2, 0) is 23.9 Å². The van der Waals surface area contributed by atoms with Crippen LogP contribution in [0.1, 0.15) is 18.2 Å². The Hall–Kier alpha value is -3.76. The van der Waals surface area contributed by atoms with E-state index in [0.717, 1.165) is 22.9 Å². The molecule has 0 saturated heterocycles. The van der Waals surface area contributed by atoms with E-state index in [4.69, 9.17) is 0 Å². The molecule has 1 N–H and O–H groups in total. The maximum atomic E-state index is 13.0. The van der Waals surface area contributed by atoms with Gasteiger partial charge in [-0.25, -0.2) is 4.68 Å². The van der Waals surface area contributed by atoms with Crippen molar-refractivity contribution in [3.8, 4) is 0 Å². The lowest BCUT2D eigenvalue weighted by molar-refractivity contribution is -0.137. The Kier molecular flexibility index (Phi) is 4.72. The molecule has 0 unspecified atom stereocenters. The molecule has 0 atom stereocenters. The van der Waals surface area contributed by atoms with Crippen molar-refractivity contribution in [1.82, 2.24) is 24.4 Å². The summed E-state index contributed by atoms with van der Waals surface area (Å²) < 4.78 is 41.6. The molecule has 0 aliphatic carbocycles. The normalized spacial score (nSPS) is 11.9. The summed E-state index contributed by atoms with van der Waals surface area (Å²) in [6.45, 7) is 1.33. The van der Waals surface area contributed by atoms with Crippen LogP contribution in [-0.4, -0.2) is 30.3 Å². The maximum absolute atomic E-state index is 13.0. The van der Waals surface area contributed by atoms with Gasteiger partial charge in [0.15, 0.2) is 5.65 Å². The first kappa shape index (κ1) is 19.6. The Morgan fingerprint density at radius 3 is 2.70 bits per heavy atom. The van der Waals surface area contributed by atoms with E-state index in [-0.39, 0.29) is 17.3 Å². The number of nitrogens with one attached hydrogen (secondary N) is 1. The van der Waals surface area contributed by atoms with Crippen molar-refractivity contribution < 1.29 is 18.0 Å². The number of halogens is 3. The van der Waals surface area contributed by atoms with Gasteiger partial charge in [0, 0.05) is 11.6 Å². The second-order valence-electron chi connectivity index (χ2n) is 6.58. The lowest BCUT2D eigenvalue weighted by atomic mass is 10.1. The number of hydrogen-bond donors (Lipinski definition) is 1. The average Bonchev–Trinajstić information content (AvgIpc) is 3.17. The Morgan fingerprint density at radius 1 is 1.17 bits per heavy atom. The molecule has 4 aromatic rings. The molecule has 0 saturated carbocycles. The first-order valence-corrected chi connectivity index (χ1v) is 8.96. The number of amides is 1. The summed E-state index contributed by atoms with van der Waals surface area (Å²) in [5, 5.41) is 14.6. The SMILES string of the molecule is CCc1nn(CC(=O)Nc2ccc3nncn3c2)c(=O)c2ccc(C(F)(F)F)cc12. The molecular formula is C19H15F3N6O2. The third kappa shape index (κ3) is 3.61. The minimum atomic E-state index is -4.53. The number of pyridine rings is 1. The van der Waals surface area contributed by atoms with Crippen molar-refractivity contribution in [3.63, 3.8) is 0 Å². The van der Waals surface area contributed by atoms with Crippen LogP contribution < -0.4 is 10.9 Å². The van der Waals surface area contributed by atoms with Gasteiger partial charge in [0.25, 0.3) is 5.56 Å². The largest absolute Gasteiger partial charge is 0.416 e. The molecule has 0 aliphatic rings. The third-order valence-electron chi connectivity index (χ3n) is 4.57. The van der Waals surface area contributed by atoms with Crippen LogP contribution >= 0.6 is 0 Å². The number of rotatable bonds is 4. The molecule has 1 amide bonds. The van der Waals surface area contributed by atoms with Crippen LogP contribution in [0.25, 0.3) is 16.4 Å². The number of aryl methyl sites for hydroxylation is 1. The highest BCUT2D eigenvalue weighted by Crippen LogP contribution is 2.31. The minimum absolute atomic E-state index is 0.0774. The zero-order valence-electron chi connectivity index (χ0n) is 15.6. The number of benzene rings is 1. The molecule has 8 nitrogen and oxygen atoms in total. The van der Waals surface area contributed by atoms with Gasteiger partial charge in [0.1, 0.15) is 12.9 Å². The van der Waals surface area contributed by atoms with Crippen molar-refractivity contribution in [2.24, 2.45) is 0 Å². The molecule has 1 aromatic carbocycles. The molecule has 3 aromatic heterocycles. The van der Waals surface area contributed by atoms with E-state index in [0.29, 0.717) is 23.4 Å². The highest BCUT2D eigenvalue weighted by Gasteiger charge is 2.31. The molecule has 0 fully saturated rings. The monoisotopic (exact) mass is 416 g/mol. The first-order valence-electron chi connectivity index (χ1n) is 8.96. The Morgan fingerprint density at radius 2 is 1.97 bits per heavy atom. The van der Waals surface area contributed by atoms with Crippen molar-refractivity contribution >= 4 is 28.0 Å². The molecule has 154 valence electrons. The second-order valence-corrected chi connectivity index (χ2v) is 6.58. The molecule has 0 spiro atoms. The van der Waals surface area contributed by atoms with Crippen molar-refractivity contribution in [2.75, 3.05) is 5.32 Å². The molecule has 0 bridgehead atoms. The van der Waals surface area contributed by atoms with E-state index in [9.17, 15) is 22.8 Å². The summed E-state index contributed by atoms with van der Waals surface area (Å²) >= 11 is 0. The summed E-state index contributed by atoms with van der Waals surface area (Å²) in [4.78, 5) is 25.1.